The summed E-state index contributed by atoms with van der Waals surface area (Å²) in [4.78, 5) is 9.77. The number of hydrogen-bond donors (Lipinski definition) is 1. The van der Waals surface area contributed by atoms with Crippen molar-refractivity contribution < 1.29 is 0 Å². The molecule has 0 radical (unpaired) electrons. The van der Waals surface area contributed by atoms with Crippen molar-refractivity contribution in [1.29, 1.82) is 0 Å². The highest BCUT2D eigenvalue weighted by atomic mass is 15.2. The van der Waals surface area contributed by atoms with Gasteiger partial charge in [-0.25, -0.2) is 4.98 Å². The van der Waals surface area contributed by atoms with E-state index in [1.54, 1.807) is 0 Å². The third-order valence-corrected chi connectivity index (χ3v) is 4.70. The lowest BCUT2D eigenvalue weighted by molar-refractivity contribution is 0.141. The zero-order valence-electron chi connectivity index (χ0n) is 12.3. The zero-order chi connectivity index (χ0) is 13.8. The molecule has 0 atom stereocenters. The van der Waals surface area contributed by atoms with Gasteiger partial charge in [0.2, 0.25) is 0 Å². The molecule has 4 nitrogen and oxygen atoms in total. The maximum absolute atomic E-state index is 5.68. The molecule has 2 aliphatic rings. The summed E-state index contributed by atoms with van der Waals surface area (Å²) in [5.74, 6) is 1.10. The predicted molar refractivity (Wildman–Crippen MR) is 82.8 cm³/mol. The third-order valence-electron chi connectivity index (χ3n) is 4.70. The van der Waals surface area contributed by atoms with Gasteiger partial charge in [0.15, 0.2) is 0 Å². The van der Waals surface area contributed by atoms with E-state index in [1.165, 1.54) is 45.2 Å². The fourth-order valence-electron chi connectivity index (χ4n) is 3.50. The fraction of sp³-hybridized carbons (Fsp3) is 0.688. The molecule has 2 N–H and O–H groups in total. The Bertz CT molecular complexity index is 420. The lowest BCUT2D eigenvalue weighted by Gasteiger charge is -2.40. The predicted octanol–water partition coefficient (Wildman–Crippen LogP) is 2.00. The van der Waals surface area contributed by atoms with E-state index >= 15 is 0 Å². The second-order valence-electron chi connectivity index (χ2n) is 6.01. The van der Waals surface area contributed by atoms with Crippen molar-refractivity contribution in [2.75, 3.05) is 31.1 Å². The summed E-state index contributed by atoms with van der Waals surface area (Å²) < 4.78 is 0. The molecule has 2 saturated heterocycles. The van der Waals surface area contributed by atoms with Crippen LogP contribution in [-0.4, -0.2) is 42.1 Å². The van der Waals surface area contributed by atoms with Gasteiger partial charge in [-0.05, 0) is 50.9 Å². The lowest BCUT2D eigenvalue weighted by atomic mass is 10.00. The highest BCUT2D eigenvalue weighted by Gasteiger charge is 2.25. The first-order valence-corrected chi connectivity index (χ1v) is 8.02. The monoisotopic (exact) mass is 274 g/mol. The lowest BCUT2D eigenvalue weighted by Crippen LogP contribution is -2.47. The maximum Gasteiger partial charge on any atom is 0.128 e. The van der Waals surface area contributed by atoms with Crippen molar-refractivity contribution in [3.63, 3.8) is 0 Å². The van der Waals surface area contributed by atoms with Crippen molar-refractivity contribution in [2.24, 2.45) is 5.73 Å². The minimum Gasteiger partial charge on any atom is -0.356 e. The van der Waals surface area contributed by atoms with Crippen LogP contribution in [0.1, 0.15) is 37.8 Å². The van der Waals surface area contributed by atoms with Gasteiger partial charge in [0.05, 0.1) is 5.69 Å². The molecule has 0 aromatic carbocycles. The van der Waals surface area contributed by atoms with E-state index in [0.717, 1.165) is 30.6 Å². The number of piperidine rings is 2. The summed E-state index contributed by atoms with van der Waals surface area (Å²) in [5.41, 5.74) is 6.67. The van der Waals surface area contributed by atoms with Crippen LogP contribution in [0, 0.1) is 0 Å². The second kappa shape index (κ2) is 6.55. The molecule has 1 aromatic heterocycles. The van der Waals surface area contributed by atoms with Crippen molar-refractivity contribution in [1.82, 2.24) is 9.88 Å². The summed E-state index contributed by atoms with van der Waals surface area (Å²) in [5, 5.41) is 0. The van der Waals surface area contributed by atoms with Crippen LogP contribution in [0.15, 0.2) is 18.2 Å². The Hall–Kier alpha value is -1.13. The van der Waals surface area contributed by atoms with Crippen molar-refractivity contribution in [3.8, 4) is 0 Å². The van der Waals surface area contributed by atoms with E-state index in [1.807, 2.05) is 6.07 Å². The van der Waals surface area contributed by atoms with Gasteiger partial charge >= 0.3 is 0 Å². The van der Waals surface area contributed by atoms with Crippen molar-refractivity contribution in [3.05, 3.63) is 23.9 Å². The Labute approximate surface area is 122 Å². The van der Waals surface area contributed by atoms with Gasteiger partial charge in [0.25, 0.3) is 0 Å². The van der Waals surface area contributed by atoms with Crippen LogP contribution in [0.25, 0.3) is 0 Å². The SMILES string of the molecule is NCc1cccc(N2CCC(N3CCCCC3)CC2)n1. The van der Waals surface area contributed by atoms with Gasteiger partial charge in [-0.1, -0.05) is 12.5 Å². The van der Waals surface area contributed by atoms with Gasteiger partial charge < -0.3 is 15.5 Å². The fourth-order valence-corrected chi connectivity index (χ4v) is 3.50. The molecule has 3 rings (SSSR count). The molecule has 0 saturated carbocycles. The number of pyridine rings is 1. The topological polar surface area (TPSA) is 45.4 Å². The summed E-state index contributed by atoms with van der Waals surface area (Å²) in [7, 11) is 0. The Morgan fingerprint density at radius 2 is 1.80 bits per heavy atom. The third kappa shape index (κ3) is 3.13. The van der Waals surface area contributed by atoms with Crippen LogP contribution in [-0.2, 0) is 6.54 Å². The average Bonchev–Trinajstić information content (AvgIpc) is 2.56. The number of hydrogen-bond acceptors (Lipinski definition) is 4. The zero-order valence-corrected chi connectivity index (χ0v) is 12.3. The number of anilines is 1. The molecular weight excluding hydrogens is 248 g/mol. The van der Waals surface area contributed by atoms with Crippen LogP contribution in [0.4, 0.5) is 5.82 Å². The second-order valence-corrected chi connectivity index (χ2v) is 6.01. The van der Waals surface area contributed by atoms with Gasteiger partial charge in [0.1, 0.15) is 5.82 Å². The number of rotatable bonds is 3. The van der Waals surface area contributed by atoms with Gasteiger partial charge in [0, 0.05) is 25.7 Å². The van der Waals surface area contributed by atoms with E-state index in [2.05, 4.69) is 26.9 Å². The van der Waals surface area contributed by atoms with E-state index in [4.69, 9.17) is 5.73 Å². The van der Waals surface area contributed by atoms with Crippen LogP contribution in [0.5, 0.6) is 0 Å². The Kier molecular flexibility index (Phi) is 4.53. The molecule has 0 bridgehead atoms. The highest BCUT2D eigenvalue weighted by Crippen LogP contribution is 2.23. The smallest absolute Gasteiger partial charge is 0.128 e. The van der Waals surface area contributed by atoms with Crippen LogP contribution >= 0.6 is 0 Å². The summed E-state index contributed by atoms with van der Waals surface area (Å²) >= 11 is 0. The Balaban J connectivity index is 1.57. The molecule has 0 unspecified atom stereocenters. The van der Waals surface area contributed by atoms with Crippen LogP contribution in [0.2, 0.25) is 0 Å². The van der Waals surface area contributed by atoms with Crippen LogP contribution < -0.4 is 10.6 Å². The first-order valence-electron chi connectivity index (χ1n) is 8.02. The van der Waals surface area contributed by atoms with Crippen LogP contribution in [0.3, 0.4) is 0 Å². The molecule has 110 valence electrons. The van der Waals surface area contributed by atoms with Gasteiger partial charge in [-0.15, -0.1) is 0 Å². The van der Waals surface area contributed by atoms with E-state index in [0.29, 0.717) is 6.54 Å². The minimum atomic E-state index is 0.526. The molecule has 0 spiro atoms. The molecule has 2 fully saturated rings. The quantitative estimate of drug-likeness (QED) is 0.915. The Morgan fingerprint density at radius 1 is 1.05 bits per heavy atom. The first-order chi connectivity index (χ1) is 9.86. The molecule has 1 aromatic rings. The standard InChI is InChI=1S/C16H26N4/c17-13-14-5-4-6-16(18-14)20-11-7-15(8-12-20)19-9-2-1-3-10-19/h4-6,15H,1-3,7-13,17H2. The first kappa shape index (κ1) is 13.8. The van der Waals surface area contributed by atoms with Crippen molar-refractivity contribution >= 4 is 5.82 Å². The maximum atomic E-state index is 5.68. The molecule has 2 aliphatic heterocycles. The molecule has 0 amide bonds. The molecule has 0 aliphatic carbocycles. The minimum absolute atomic E-state index is 0.526. The highest BCUT2D eigenvalue weighted by molar-refractivity contribution is 5.39. The van der Waals surface area contributed by atoms with Gasteiger partial charge in [-0.2, -0.15) is 0 Å². The number of nitrogens with zero attached hydrogens (tertiary/aromatic N) is 3. The Morgan fingerprint density at radius 3 is 2.50 bits per heavy atom. The van der Waals surface area contributed by atoms with E-state index in [9.17, 15) is 0 Å². The molecule has 20 heavy (non-hydrogen) atoms. The van der Waals surface area contributed by atoms with E-state index in [-0.39, 0.29) is 0 Å². The summed E-state index contributed by atoms with van der Waals surface area (Å²) in [6.45, 7) is 5.40. The summed E-state index contributed by atoms with van der Waals surface area (Å²) in [6.07, 6.45) is 6.74. The number of likely N-dealkylation sites (tertiary alicyclic amines) is 1. The largest absolute Gasteiger partial charge is 0.356 e. The normalized spacial score (nSPS) is 22.1. The van der Waals surface area contributed by atoms with Gasteiger partial charge in [-0.3, -0.25) is 0 Å². The number of nitrogens with two attached hydrogens (primary N) is 1. The molecule has 3 heterocycles. The average molecular weight is 274 g/mol. The number of aromatic nitrogens is 1. The molecule has 4 heteroatoms. The molecular formula is C16H26N4. The van der Waals surface area contributed by atoms with E-state index < -0.39 is 0 Å². The van der Waals surface area contributed by atoms with Crippen molar-refractivity contribution in [2.45, 2.75) is 44.7 Å². The summed E-state index contributed by atoms with van der Waals surface area (Å²) in [6, 6.07) is 6.98.